The van der Waals surface area contributed by atoms with Crippen molar-refractivity contribution in [2.24, 2.45) is 0 Å². The molecule has 0 fully saturated rings. The van der Waals surface area contributed by atoms with Gasteiger partial charge in [0.25, 0.3) is 0 Å². The Hall–Kier alpha value is -2.95. The van der Waals surface area contributed by atoms with Crippen molar-refractivity contribution in [1.82, 2.24) is 5.32 Å². The van der Waals surface area contributed by atoms with Crippen LogP contribution >= 0.6 is 0 Å². The molecular weight excluding hydrogens is 338 g/mol. The Morgan fingerprint density at radius 1 is 0.889 bits per heavy atom. The molecule has 1 aliphatic rings. The smallest absolute Gasteiger partial charge is 0.337 e. The Morgan fingerprint density at radius 3 is 2.15 bits per heavy atom. The molecule has 138 valence electrons. The minimum atomic E-state index is -1.41. The lowest BCUT2D eigenvalue weighted by Gasteiger charge is -2.27. The highest BCUT2D eigenvalue weighted by atomic mass is 16.4. The van der Waals surface area contributed by atoms with Crippen LogP contribution in [0.1, 0.15) is 34.4 Å². The molecule has 1 aliphatic heterocycles. The Balaban J connectivity index is 0.000000168. The van der Waals surface area contributed by atoms with Gasteiger partial charge in [-0.3, -0.25) is 0 Å². The first-order valence-corrected chi connectivity index (χ1v) is 8.99. The summed E-state index contributed by atoms with van der Waals surface area (Å²) < 4.78 is 0. The number of hydrogen-bond donors (Lipinski definition) is 3. The second-order valence-corrected chi connectivity index (χ2v) is 6.40. The van der Waals surface area contributed by atoms with Crippen LogP contribution in [0.25, 0.3) is 0 Å². The number of carboxylic acid groups (broad SMARTS) is 1. The fraction of sp³-hybridized carbons (Fsp3) is 0.174. The highest BCUT2D eigenvalue weighted by Crippen LogP contribution is 2.28. The number of hydrogen-bond acceptors (Lipinski definition) is 3. The number of aliphatic hydroxyl groups is 1. The monoisotopic (exact) mass is 361 g/mol. The number of benzene rings is 3. The third kappa shape index (κ3) is 4.82. The van der Waals surface area contributed by atoms with Crippen LogP contribution in [0.2, 0.25) is 0 Å². The van der Waals surface area contributed by atoms with Crippen LogP contribution in [0.4, 0.5) is 0 Å². The number of aliphatic carboxylic acids is 1. The van der Waals surface area contributed by atoms with Crippen LogP contribution in [-0.2, 0) is 11.2 Å². The molecule has 0 radical (unpaired) electrons. The van der Waals surface area contributed by atoms with E-state index in [0.717, 1.165) is 13.0 Å². The molecule has 4 rings (SSSR count). The summed E-state index contributed by atoms with van der Waals surface area (Å²) in [7, 11) is 0. The predicted molar refractivity (Wildman–Crippen MR) is 105 cm³/mol. The molecule has 4 nitrogen and oxygen atoms in total. The van der Waals surface area contributed by atoms with Gasteiger partial charge in [-0.05, 0) is 28.7 Å². The maximum atomic E-state index is 10.2. The minimum Gasteiger partial charge on any atom is -0.479 e. The van der Waals surface area contributed by atoms with Gasteiger partial charge in [0, 0.05) is 6.54 Å². The zero-order valence-corrected chi connectivity index (χ0v) is 15.0. The molecule has 0 bridgehead atoms. The highest BCUT2D eigenvalue weighted by Gasteiger charge is 2.20. The van der Waals surface area contributed by atoms with E-state index in [1.807, 2.05) is 0 Å². The number of rotatable bonds is 3. The van der Waals surface area contributed by atoms with Gasteiger partial charge in [-0.25, -0.2) is 4.79 Å². The number of aliphatic hydroxyl groups excluding tert-OH is 1. The summed E-state index contributed by atoms with van der Waals surface area (Å²) in [5, 5.41) is 21.0. The van der Waals surface area contributed by atoms with Crippen LogP contribution in [0, 0.1) is 0 Å². The van der Waals surface area contributed by atoms with Crippen molar-refractivity contribution in [2.75, 3.05) is 6.54 Å². The lowest BCUT2D eigenvalue weighted by Crippen LogP contribution is -2.30. The first-order chi connectivity index (χ1) is 13.2. The van der Waals surface area contributed by atoms with E-state index in [4.69, 9.17) is 10.2 Å². The molecule has 0 amide bonds. The topological polar surface area (TPSA) is 69.6 Å². The fourth-order valence-electron chi connectivity index (χ4n) is 3.23. The lowest BCUT2D eigenvalue weighted by atomic mass is 9.90. The molecule has 0 aliphatic carbocycles. The molecule has 0 saturated heterocycles. The second-order valence-electron chi connectivity index (χ2n) is 6.40. The molecule has 0 saturated carbocycles. The average Bonchev–Trinajstić information content (AvgIpc) is 2.74. The molecule has 4 heteroatoms. The maximum absolute atomic E-state index is 10.2. The normalized spacial score (nSPS) is 16.4. The number of carbonyl (C=O) groups is 1. The Morgan fingerprint density at radius 2 is 1.48 bits per heavy atom. The maximum Gasteiger partial charge on any atom is 0.337 e. The van der Waals surface area contributed by atoms with Gasteiger partial charge in [-0.2, -0.15) is 0 Å². The Labute approximate surface area is 159 Å². The van der Waals surface area contributed by atoms with Gasteiger partial charge < -0.3 is 15.5 Å². The van der Waals surface area contributed by atoms with Crippen LogP contribution in [0.5, 0.6) is 0 Å². The molecule has 0 spiro atoms. The lowest BCUT2D eigenvalue weighted by molar-refractivity contribution is -0.146. The van der Waals surface area contributed by atoms with Crippen molar-refractivity contribution in [3.05, 3.63) is 107 Å². The van der Waals surface area contributed by atoms with Gasteiger partial charge in [-0.1, -0.05) is 84.9 Å². The van der Waals surface area contributed by atoms with Gasteiger partial charge in [0.1, 0.15) is 0 Å². The summed E-state index contributed by atoms with van der Waals surface area (Å²) in [5.74, 6) is -1.23. The second kappa shape index (κ2) is 9.12. The minimum absolute atomic E-state index is 0.367. The fourth-order valence-corrected chi connectivity index (χ4v) is 3.23. The first-order valence-electron chi connectivity index (χ1n) is 8.99. The first kappa shape index (κ1) is 18.8. The Kier molecular flexibility index (Phi) is 6.36. The van der Waals surface area contributed by atoms with E-state index in [1.54, 1.807) is 30.3 Å². The molecule has 3 aromatic carbocycles. The molecular formula is C23H23NO3. The molecule has 2 atom stereocenters. The van der Waals surface area contributed by atoms with Crippen molar-refractivity contribution in [2.45, 2.75) is 18.6 Å². The van der Waals surface area contributed by atoms with Crippen molar-refractivity contribution in [3.63, 3.8) is 0 Å². The zero-order chi connectivity index (χ0) is 19.1. The van der Waals surface area contributed by atoms with Crippen molar-refractivity contribution < 1.29 is 15.0 Å². The van der Waals surface area contributed by atoms with Gasteiger partial charge in [0.2, 0.25) is 0 Å². The third-order valence-electron chi connectivity index (χ3n) is 4.59. The molecule has 1 heterocycles. The number of nitrogens with one attached hydrogen (secondary N) is 1. The van der Waals surface area contributed by atoms with E-state index < -0.39 is 12.1 Å². The van der Waals surface area contributed by atoms with E-state index in [2.05, 4.69) is 59.9 Å². The standard InChI is InChI=1S/C15H15N.C8H8O3/c1-2-7-13(8-3-1)15-14-9-5-4-6-12(14)10-11-16-15;9-7(8(10)11)6-4-2-1-3-5-6/h1-9,15-16H,10-11H2;1-5,7,9H,(H,10,11). The van der Waals surface area contributed by atoms with Crippen LogP contribution in [-0.4, -0.2) is 22.7 Å². The van der Waals surface area contributed by atoms with Gasteiger partial charge in [0.05, 0.1) is 6.04 Å². The summed E-state index contributed by atoms with van der Waals surface area (Å²) in [6, 6.07) is 28.0. The van der Waals surface area contributed by atoms with Crippen molar-refractivity contribution >= 4 is 5.97 Å². The van der Waals surface area contributed by atoms with Crippen LogP contribution in [0.3, 0.4) is 0 Å². The van der Waals surface area contributed by atoms with Crippen molar-refractivity contribution in [3.8, 4) is 0 Å². The highest BCUT2D eigenvalue weighted by molar-refractivity contribution is 5.73. The van der Waals surface area contributed by atoms with Crippen molar-refractivity contribution in [1.29, 1.82) is 0 Å². The van der Waals surface area contributed by atoms with Crippen LogP contribution in [0.15, 0.2) is 84.9 Å². The number of carboxylic acids is 1. The van der Waals surface area contributed by atoms with E-state index in [-0.39, 0.29) is 0 Å². The van der Waals surface area contributed by atoms with Crippen LogP contribution < -0.4 is 5.32 Å². The SMILES string of the molecule is O=C(O)C(O)c1ccccc1.c1ccc(C2NCCc3ccccc32)cc1. The average molecular weight is 361 g/mol. The van der Waals surface area contributed by atoms with Gasteiger partial charge >= 0.3 is 5.97 Å². The third-order valence-corrected chi connectivity index (χ3v) is 4.59. The molecule has 0 aromatic heterocycles. The molecule has 27 heavy (non-hydrogen) atoms. The Bertz CT molecular complexity index is 865. The summed E-state index contributed by atoms with van der Waals surface area (Å²) in [4.78, 5) is 10.2. The summed E-state index contributed by atoms with van der Waals surface area (Å²) in [6.45, 7) is 1.07. The predicted octanol–water partition coefficient (Wildman–Crippen LogP) is 3.73. The summed E-state index contributed by atoms with van der Waals surface area (Å²) in [6.07, 6.45) is -0.268. The quantitative estimate of drug-likeness (QED) is 0.665. The zero-order valence-electron chi connectivity index (χ0n) is 15.0. The molecule has 2 unspecified atom stereocenters. The van der Waals surface area contributed by atoms with E-state index >= 15 is 0 Å². The van der Waals surface area contributed by atoms with E-state index in [0.29, 0.717) is 11.6 Å². The van der Waals surface area contributed by atoms with Gasteiger partial charge in [0.15, 0.2) is 6.10 Å². The summed E-state index contributed by atoms with van der Waals surface area (Å²) >= 11 is 0. The molecule has 3 aromatic rings. The summed E-state index contributed by atoms with van der Waals surface area (Å²) in [5.41, 5.74) is 4.67. The van der Waals surface area contributed by atoms with E-state index in [1.165, 1.54) is 16.7 Å². The molecule has 3 N–H and O–H groups in total. The number of fused-ring (bicyclic) bond motifs is 1. The van der Waals surface area contributed by atoms with Gasteiger partial charge in [-0.15, -0.1) is 0 Å². The van der Waals surface area contributed by atoms with E-state index in [9.17, 15) is 4.79 Å². The largest absolute Gasteiger partial charge is 0.479 e.